The van der Waals surface area contributed by atoms with Crippen LogP contribution in [0.2, 0.25) is 0 Å². The van der Waals surface area contributed by atoms with Crippen molar-refractivity contribution < 1.29 is 8.42 Å². The second kappa shape index (κ2) is 10.1. The Balaban J connectivity index is 1.78. The summed E-state index contributed by atoms with van der Waals surface area (Å²) >= 11 is 2.64. The zero-order valence-electron chi connectivity index (χ0n) is 22.4. The molecule has 2 aromatic heterocycles. The molecule has 1 saturated heterocycles. The number of rotatable bonds is 6. The largest absolute Gasteiger partial charge is 0.321 e. The molecule has 0 spiro atoms. The lowest BCUT2D eigenvalue weighted by atomic mass is 9.63. The fourth-order valence-electron chi connectivity index (χ4n) is 6.67. The van der Waals surface area contributed by atoms with Crippen LogP contribution in [0, 0.1) is 11.8 Å². The average Bonchev–Trinajstić information content (AvgIpc) is 3.28. The lowest BCUT2D eigenvalue weighted by Gasteiger charge is -2.59. The van der Waals surface area contributed by atoms with Gasteiger partial charge < -0.3 is 5.01 Å². The van der Waals surface area contributed by atoms with Crippen LogP contribution >= 0.6 is 22.6 Å². The number of aromatic nitrogens is 2. The van der Waals surface area contributed by atoms with Crippen LogP contribution in [0.4, 0.5) is 0 Å². The Morgan fingerprint density at radius 3 is 2.63 bits per heavy atom. The molecule has 5 rings (SSSR count). The molecule has 1 aliphatic carbocycles. The number of benzene rings is 1. The van der Waals surface area contributed by atoms with Gasteiger partial charge >= 0.3 is 0 Å². The smallest absolute Gasteiger partial charge is 0.269 e. The average molecular weight is 646 g/mol. The first-order valence-corrected chi connectivity index (χ1v) is 15.7. The van der Waals surface area contributed by atoms with Crippen LogP contribution in [-0.2, 0) is 15.6 Å². The number of hydrazine groups is 1. The second-order valence-electron chi connectivity index (χ2n) is 11.0. The molecule has 0 amide bonds. The first kappa shape index (κ1) is 27.4. The van der Waals surface area contributed by atoms with E-state index >= 15 is 0 Å². The molecule has 3 heterocycles. The predicted octanol–water partition coefficient (Wildman–Crippen LogP) is 5.37. The van der Waals surface area contributed by atoms with Crippen LogP contribution < -0.4 is 5.84 Å². The van der Waals surface area contributed by atoms with Crippen molar-refractivity contribution in [2.75, 3.05) is 14.1 Å². The zero-order valence-corrected chi connectivity index (χ0v) is 25.4. The Morgan fingerprint density at radius 2 is 1.97 bits per heavy atom. The van der Waals surface area contributed by atoms with Gasteiger partial charge in [0, 0.05) is 52.1 Å². The minimum Gasteiger partial charge on any atom is -0.321 e. The molecule has 5 atom stereocenters. The summed E-state index contributed by atoms with van der Waals surface area (Å²) in [6, 6.07) is 11.1. The van der Waals surface area contributed by atoms with E-state index < -0.39 is 10.0 Å². The maximum absolute atomic E-state index is 13.8. The molecule has 0 radical (unpaired) electrons. The standard InChI is InChI=1S/C29H36IN5O2S/c1-6-22(17-33(4)31)26-18-35(38(36,37)24-10-8-7-9-11-24)28-25(26)14-23(16-32-28)29-15-21(12-19(2)27(29)30)13-20(3)34(29)5/h6-11,14,16-21,27H,1,12-13,15,31H2,2-5H3/b22-17+. The number of halogens is 1. The number of hydrogen-bond donors (Lipinski definition) is 1. The lowest BCUT2D eigenvalue weighted by molar-refractivity contribution is -0.0417. The fraction of sp³-hybridized carbons (Fsp3) is 0.414. The molecule has 5 unspecified atom stereocenters. The van der Waals surface area contributed by atoms with Gasteiger partial charge in [-0.2, -0.15) is 0 Å². The maximum Gasteiger partial charge on any atom is 0.269 e. The number of allylic oxidation sites excluding steroid dienone is 2. The van der Waals surface area contributed by atoms with Crippen LogP contribution in [0.15, 0.2) is 72.5 Å². The van der Waals surface area contributed by atoms with Crippen molar-refractivity contribution in [3.8, 4) is 0 Å². The van der Waals surface area contributed by atoms with E-state index in [1.54, 1.807) is 55.9 Å². The van der Waals surface area contributed by atoms with Gasteiger partial charge in [0.1, 0.15) is 0 Å². The van der Waals surface area contributed by atoms with E-state index in [1.807, 2.05) is 6.20 Å². The highest BCUT2D eigenvalue weighted by Gasteiger charge is 2.54. The SMILES string of the molecule is C=C/C(=C\N(C)N)c1cn(S(=O)(=O)c2ccccc2)c2ncc(C34CC(CC(C)C3I)CC(C)N4C)cc12. The number of hydrogen-bond acceptors (Lipinski definition) is 6. The summed E-state index contributed by atoms with van der Waals surface area (Å²) in [4.78, 5) is 7.62. The van der Waals surface area contributed by atoms with Crippen molar-refractivity contribution in [3.63, 3.8) is 0 Å². The summed E-state index contributed by atoms with van der Waals surface area (Å²) in [6.45, 7) is 8.67. The van der Waals surface area contributed by atoms with Gasteiger partial charge in [0.25, 0.3) is 10.0 Å². The molecule has 3 aromatic rings. The first-order chi connectivity index (χ1) is 18.0. The van der Waals surface area contributed by atoms with Crippen molar-refractivity contribution >= 4 is 49.2 Å². The summed E-state index contributed by atoms with van der Waals surface area (Å²) < 4.78 is 29.2. The Hall–Kier alpha value is -2.21. The number of nitrogens with two attached hydrogens (primary N) is 1. The third-order valence-corrected chi connectivity index (χ3v) is 12.4. The quantitative estimate of drug-likeness (QED) is 0.128. The van der Waals surface area contributed by atoms with Gasteiger partial charge in [-0.1, -0.05) is 60.4 Å². The number of likely N-dealkylation sites (tertiary alicyclic amines) is 1. The molecule has 2 fully saturated rings. The molecular formula is C29H36IN5O2S. The van der Waals surface area contributed by atoms with Gasteiger partial charge in [-0.15, -0.1) is 0 Å². The Kier molecular flexibility index (Phi) is 7.25. The molecule has 7 nitrogen and oxygen atoms in total. The first-order valence-electron chi connectivity index (χ1n) is 13.0. The van der Waals surface area contributed by atoms with Crippen LogP contribution in [0.1, 0.15) is 44.2 Å². The molecule has 1 aromatic carbocycles. The molecule has 1 saturated carbocycles. The van der Waals surface area contributed by atoms with E-state index in [1.165, 1.54) is 21.8 Å². The number of nitrogens with zero attached hydrogens (tertiary/aromatic N) is 4. The predicted molar refractivity (Wildman–Crippen MR) is 162 cm³/mol. The molecular weight excluding hydrogens is 609 g/mol. The van der Waals surface area contributed by atoms with Crippen molar-refractivity contribution in [2.24, 2.45) is 17.7 Å². The summed E-state index contributed by atoms with van der Waals surface area (Å²) in [5, 5.41) is 2.22. The molecule has 2 bridgehead atoms. The van der Waals surface area contributed by atoms with E-state index in [4.69, 9.17) is 10.8 Å². The van der Waals surface area contributed by atoms with E-state index in [-0.39, 0.29) is 10.4 Å². The third kappa shape index (κ3) is 4.31. The number of alkyl halides is 1. The van der Waals surface area contributed by atoms with E-state index in [2.05, 4.69) is 61.0 Å². The Morgan fingerprint density at radius 1 is 1.26 bits per heavy atom. The van der Waals surface area contributed by atoms with Gasteiger partial charge in [0.15, 0.2) is 5.65 Å². The third-order valence-electron chi connectivity index (χ3n) is 8.51. The van der Waals surface area contributed by atoms with Crippen LogP contribution in [0.5, 0.6) is 0 Å². The monoisotopic (exact) mass is 645 g/mol. The van der Waals surface area contributed by atoms with Gasteiger partial charge in [-0.25, -0.2) is 23.2 Å². The topological polar surface area (TPSA) is 84.5 Å². The molecule has 202 valence electrons. The summed E-state index contributed by atoms with van der Waals surface area (Å²) in [6.07, 6.45) is 10.5. The molecule has 9 heteroatoms. The maximum atomic E-state index is 13.8. The van der Waals surface area contributed by atoms with Gasteiger partial charge in [0.2, 0.25) is 0 Å². The van der Waals surface area contributed by atoms with Gasteiger partial charge in [-0.05, 0) is 68.8 Å². The van der Waals surface area contributed by atoms with E-state index in [0.717, 1.165) is 28.5 Å². The van der Waals surface area contributed by atoms with Crippen molar-refractivity contribution in [1.29, 1.82) is 0 Å². The second-order valence-corrected chi connectivity index (χ2v) is 14.2. The number of pyridine rings is 1. The van der Waals surface area contributed by atoms with Crippen molar-refractivity contribution in [2.45, 2.75) is 53.5 Å². The van der Waals surface area contributed by atoms with E-state index in [0.29, 0.717) is 27.4 Å². The van der Waals surface area contributed by atoms with Gasteiger partial charge in [0.05, 0.1) is 10.4 Å². The molecule has 1 aliphatic heterocycles. The van der Waals surface area contributed by atoms with Gasteiger partial charge in [-0.3, -0.25) is 4.90 Å². The zero-order chi connectivity index (χ0) is 27.4. The summed E-state index contributed by atoms with van der Waals surface area (Å²) in [5.41, 5.74) is 2.81. The molecule has 2 N–H and O–H groups in total. The summed E-state index contributed by atoms with van der Waals surface area (Å²) in [5.74, 6) is 7.20. The minimum absolute atomic E-state index is 0.178. The molecule has 38 heavy (non-hydrogen) atoms. The minimum atomic E-state index is -3.87. The highest BCUT2D eigenvalue weighted by molar-refractivity contribution is 14.1. The Bertz CT molecular complexity index is 1480. The van der Waals surface area contributed by atoms with E-state index in [9.17, 15) is 8.42 Å². The highest BCUT2D eigenvalue weighted by Crippen LogP contribution is 2.55. The number of fused-ring (bicyclic) bond motifs is 3. The van der Waals surface area contributed by atoms with Crippen LogP contribution in [0.3, 0.4) is 0 Å². The normalized spacial score (nSPS) is 28.4. The van der Waals surface area contributed by atoms with Crippen LogP contribution in [-0.4, -0.2) is 51.3 Å². The molecule has 2 aliphatic rings. The van der Waals surface area contributed by atoms with Crippen LogP contribution in [0.25, 0.3) is 16.6 Å². The highest BCUT2D eigenvalue weighted by atomic mass is 127. The Labute approximate surface area is 239 Å². The van der Waals surface area contributed by atoms with Crippen molar-refractivity contribution in [1.82, 2.24) is 18.9 Å². The fourth-order valence-corrected chi connectivity index (χ4v) is 9.36. The summed E-state index contributed by atoms with van der Waals surface area (Å²) in [7, 11) is 0.0919. The lowest BCUT2D eigenvalue weighted by Crippen LogP contribution is -2.62. The van der Waals surface area contributed by atoms with Crippen molar-refractivity contribution in [3.05, 3.63) is 78.8 Å². The number of piperidine rings is 1.